The van der Waals surface area contributed by atoms with Gasteiger partial charge in [-0.25, -0.2) is 0 Å². The Bertz CT molecular complexity index is 875. The minimum absolute atomic E-state index is 0.000381. The molecule has 5 heteroatoms. The molecule has 0 spiro atoms. The molecule has 1 aliphatic heterocycles. The number of hydrogen-bond donors (Lipinski definition) is 1. The molecule has 1 aliphatic rings. The number of likely N-dealkylation sites (tertiary alicyclic amines) is 1. The maximum atomic E-state index is 13.0. The average Bonchev–Trinajstić information content (AvgIpc) is 3.28. The number of aliphatic hydroxyl groups is 1. The van der Waals surface area contributed by atoms with Crippen molar-refractivity contribution < 1.29 is 9.90 Å². The second-order valence-corrected chi connectivity index (χ2v) is 7.08. The zero-order chi connectivity index (χ0) is 16.5. The van der Waals surface area contributed by atoms with Crippen LogP contribution in [0, 0.1) is 0 Å². The first-order chi connectivity index (χ1) is 11.8. The summed E-state index contributed by atoms with van der Waals surface area (Å²) in [6, 6.07) is 13.9. The minimum Gasteiger partial charge on any atom is -0.394 e. The van der Waals surface area contributed by atoms with Crippen LogP contribution in [0.5, 0.6) is 0 Å². The van der Waals surface area contributed by atoms with E-state index in [0.29, 0.717) is 12.1 Å². The van der Waals surface area contributed by atoms with Crippen LogP contribution in [0.4, 0.5) is 0 Å². The van der Waals surface area contributed by atoms with Gasteiger partial charge in [0.2, 0.25) is 0 Å². The van der Waals surface area contributed by atoms with E-state index in [9.17, 15) is 9.90 Å². The quantitative estimate of drug-likeness (QED) is 0.794. The highest BCUT2D eigenvalue weighted by atomic mass is 32.1. The molecule has 4 rings (SSSR count). The molecule has 1 N–H and O–H groups in total. The summed E-state index contributed by atoms with van der Waals surface area (Å²) in [6.07, 6.45) is 3.52. The van der Waals surface area contributed by atoms with E-state index in [1.165, 1.54) is 0 Å². The average molecular weight is 338 g/mol. The number of benzene rings is 1. The van der Waals surface area contributed by atoms with Gasteiger partial charge in [0.15, 0.2) is 0 Å². The smallest absolute Gasteiger partial charge is 0.255 e. The summed E-state index contributed by atoms with van der Waals surface area (Å²) in [7, 11) is 0. The zero-order valence-electron chi connectivity index (χ0n) is 13.2. The number of carbonyl (C=O) groups excluding carboxylic acids is 1. The Kier molecular flexibility index (Phi) is 4.04. The molecule has 1 fully saturated rings. The lowest BCUT2D eigenvalue weighted by Crippen LogP contribution is -2.37. The fourth-order valence-corrected chi connectivity index (χ4v) is 4.42. The van der Waals surface area contributed by atoms with E-state index in [1.54, 1.807) is 28.5 Å². The maximum Gasteiger partial charge on any atom is 0.255 e. The van der Waals surface area contributed by atoms with E-state index in [2.05, 4.69) is 17.1 Å². The topological polar surface area (TPSA) is 53.4 Å². The molecule has 0 radical (unpaired) electrons. The predicted octanol–water partition coefficient (Wildman–Crippen LogP) is 3.56. The summed E-state index contributed by atoms with van der Waals surface area (Å²) < 4.78 is 0.921. The monoisotopic (exact) mass is 338 g/mol. The molecule has 1 atom stereocenters. The number of carbonyl (C=O) groups is 1. The highest BCUT2D eigenvalue weighted by Gasteiger charge is 2.30. The zero-order valence-corrected chi connectivity index (χ0v) is 14.0. The van der Waals surface area contributed by atoms with Gasteiger partial charge in [0, 0.05) is 17.6 Å². The molecule has 1 amide bonds. The summed E-state index contributed by atoms with van der Waals surface area (Å²) in [5.41, 5.74) is 2.67. The molecule has 0 aliphatic carbocycles. The van der Waals surface area contributed by atoms with Crippen LogP contribution < -0.4 is 0 Å². The van der Waals surface area contributed by atoms with E-state index in [4.69, 9.17) is 0 Å². The Hall–Kier alpha value is -2.24. The number of aromatic nitrogens is 1. The highest BCUT2D eigenvalue weighted by molar-refractivity contribution is 7.22. The summed E-state index contributed by atoms with van der Waals surface area (Å²) in [6.45, 7) is 0.741. The van der Waals surface area contributed by atoms with Crippen LogP contribution >= 0.6 is 11.3 Å². The van der Waals surface area contributed by atoms with Gasteiger partial charge >= 0.3 is 0 Å². The molecule has 0 bridgehead atoms. The second-order valence-electron chi connectivity index (χ2n) is 6.03. The normalized spacial score (nSPS) is 17.5. The van der Waals surface area contributed by atoms with Crippen molar-refractivity contribution >= 4 is 27.5 Å². The summed E-state index contributed by atoms with van der Waals surface area (Å²) >= 11 is 1.60. The van der Waals surface area contributed by atoms with Crippen LogP contribution in [0.25, 0.3) is 20.7 Å². The van der Waals surface area contributed by atoms with Crippen LogP contribution in [-0.4, -0.2) is 40.1 Å². The summed E-state index contributed by atoms with van der Waals surface area (Å²) in [5, 5.41) is 9.49. The number of hydrogen-bond acceptors (Lipinski definition) is 4. The van der Waals surface area contributed by atoms with Gasteiger partial charge in [-0.2, -0.15) is 0 Å². The van der Waals surface area contributed by atoms with E-state index in [1.807, 2.05) is 24.3 Å². The molecule has 3 heterocycles. The number of rotatable bonds is 3. The lowest BCUT2D eigenvalue weighted by molar-refractivity contribution is 0.0679. The Labute approximate surface area is 144 Å². The molecule has 1 saturated heterocycles. The fourth-order valence-electron chi connectivity index (χ4n) is 3.30. The Morgan fingerprint density at radius 1 is 1.29 bits per heavy atom. The summed E-state index contributed by atoms with van der Waals surface area (Å²) in [4.78, 5) is 20.3. The van der Waals surface area contributed by atoms with Crippen LogP contribution in [0.3, 0.4) is 0 Å². The van der Waals surface area contributed by atoms with E-state index in [0.717, 1.165) is 33.5 Å². The fraction of sp³-hybridized carbons (Fsp3) is 0.263. The minimum atomic E-state index is -0.0609. The van der Waals surface area contributed by atoms with Crippen molar-refractivity contribution in [2.75, 3.05) is 13.2 Å². The van der Waals surface area contributed by atoms with E-state index < -0.39 is 0 Å². The van der Waals surface area contributed by atoms with Gasteiger partial charge in [0.1, 0.15) is 0 Å². The molecule has 122 valence electrons. The standard InChI is InChI=1S/C19H18N2O2S/c22-12-14-7-4-10-21(14)19(23)15-8-9-20-16-11-17(24-18(15)16)13-5-2-1-3-6-13/h1-3,5-6,8-9,11,14,22H,4,7,10,12H2. The van der Waals surface area contributed by atoms with Crippen molar-refractivity contribution in [3.05, 3.63) is 54.2 Å². The molecule has 24 heavy (non-hydrogen) atoms. The Balaban J connectivity index is 1.76. The largest absolute Gasteiger partial charge is 0.394 e. The van der Waals surface area contributed by atoms with Gasteiger partial charge in [0.05, 0.1) is 28.4 Å². The Morgan fingerprint density at radius 3 is 2.92 bits per heavy atom. The molecular weight excluding hydrogens is 320 g/mol. The number of pyridine rings is 1. The molecule has 4 nitrogen and oxygen atoms in total. The van der Waals surface area contributed by atoms with Gasteiger partial charge in [-0.15, -0.1) is 11.3 Å². The SMILES string of the molecule is O=C(c1ccnc2cc(-c3ccccc3)sc12)N1CCCC1CO. The Morgan fingerprint density at radius 2 is 2.12 bits per heavy atom. The van der Waals surface area contributed by atoms with Crippen molar-refractivity contribution in [3.8, 4) is 10.4 Å². The number of aliphatic hydroxyl groups excluding tert-OH is 1. The first kappa shape index (κ1) is 15.3. The number of nitrogens with zero attached hydrogens (tertiary/aromatic N) is 2. The highest BCUT2D eigenvalue weighted by Crippen LogP contribution is 2.35. The third-order valence-corrected chi connectivity index (χ3v) is 5.76. The van der Waals surface area contributed by atoms with Crippen molar-refractivity contribution in [2.24, 2.45) is 0 Å². The molecule has 1 unspecified atom stereocenters. The lowest BCUT2D eigenvalue weighted by atomic mass is 10.1. The van der Waals surface area contributed by atoms with Crippen LogP contribution in [-0.2, 0) is 0 Å². The molecule has 1 aromatic carbocycles. The van der Waals surface area contributed by atoms with E-state index >= 15 is 0 Å². The maximum absolute atomic E-state index is 13.0. The number of thiophene rings is 1. The van der Waals surface area contributed by atoms with Crippen molar-refractivity contribution in [3.63, 3.8) is 0 Å². The molecule has 2 aromatic heterocycles. The molecule has 3 aromatic rings. The molecular formula is C19H18N2O2S. The van der Waals surface area contributed by atoms with E-state index in [-0.39, 0.29) is 18.6 Å². The van der Waals surface area contributed by atoms with Gasteiger partial charge in [-0.3, -0.25) is 9.78 Å². The lowest BCUT2D eigenvalue weighted by Gasteiger charge is -2.23. The third kappa shape index (κ3) is 2.60. The van der Waals surface area contributed by atoms with Crippen LogP contribution in [0.2, 0.25) is 0 Å². The van der Waals surface area contributed by atoms with Crippen molar-refractivity contribution in [1.29, 1.82) is 0 Å². The number of fused-ring (bicyclic) bond motifs is 1. The van der Waals surface area contributed by atoms with Crippen molar-refractivity contribution in [2.45, 2.75) is 18.9 Å². The van der Waals surface area contributed by atoms with Crippen LogP contribution in [0.1, 0.15) is 23.2 Å². The first-order valence-electron chi connectivity index (χ1n) is 8.13. The predicted molar refractivity (Wildman–Crippen MR) is 96.2 cm³/mol. The summed E-state index contributed by atoms with van der Waals surface area (Å²) in [5.74, 6) is 0.000381. The van der Waals surface area contributed by atoms with Crippen LogP contribution in [0.15, 0.2) is 48.7 Å². The number of amides is 1. The second kappa shape index (κ2) is 6.34. The van der Waals surface area contributed by atoms with Gasteiger partial charge < -0.3 is 10.0 Å². The van der Waals surface area contributed by atoms with Gasteiger partial charge in [0.25, 0.3) is 5.91 Å². The van der Waals surface area contributed by atoms with Crippen molar-refractivity contribution in [1.82, 2.24) is 9.88 Å². The van der Waals surface area contributed by atoms with Gasteiger partial charge in [-0.1, -0.05) is 30.3 Å². The first-order valence-corrected chi connectivity index (χ1v) is 8.95. The third-order valence-electron chi connectivity index (χ3n) is 4.55. The van der Waals surface area contributed by atoms with Gasteiger partial charge in [-0.05, 0) is 30.5 Å². The molecule has 0 saturated carbocycles.